The van der Waals surface area contributed by atoms with Crippen molar-refractivity contribution in [2.45, 2.75) is 39.7 Å². The number of carbonyl (C=O) groups excluding carboxylic acids is 1. The van der Waals surface area contributed by atoms with E-state index in [1.54, 1.807) is 0 Å². The minimum absolute atomic E-state index is 0.0327. The molecule has 0 spiro atoms. The molecule has 1 unspecified atom stereocenters. The van der Waals surface area contributed by atoms with E-state index in [2.05, 4.69) is 22.5 Å². The maximum Gasteiger partial charge on any atom is 0.224 e. The van der Waals surface area contributed by atoms with Gasteiger partial charge in [0.1, 0.15) is 0 Å². The number of nitrogens with zero attached hydrogens (tertiary/aromatic N) is 2. The summed E-state index contributed by atoms with van der Waals surface area (Å²) in [6.45, 7) is 7.22. The number of amides is 1. The summed E-state index contributed by atoms with van der Waals surface area (Å²) in [6, 6.07) is 10.1. The summed E-state index contributed by atoms with van der Waals surface area (Å²) < 4.78 is 7.62. The van der Waals surface area contributed by atoms with Gasteiger partial charge in [0.05, 0.1) is 18.2 Å². The van der Waals surface area contributed by atoms with E-state index in [9.17, 15) is 4.79 Å². The summed E-state index contributed by atoms with van der Waals surface area (Å²) in [4.78, 5) is 12.1. The normalized spacial score (nSPS) is 12.2. The lowest BCUT2D eigenvalue weighted by Gasteiger charge is -2.13. The van der Waals surface area contributed by atoms with Crippen molar-refractivity contribution in [3.8, 4) is 0 Å². The molecular weight excluding hydrogens is 302 g/mol. The predicted octanol–water partition coefficient (Wildman–Crippen LogP) is 2.86. The molecule has 0 aliphatic carbocycles. The molecule has 1 amide bonds. The Balaban J connectivity index is 1.66. The molecule has 1 heterocycles. The van der Waals surface area contributed by atoms with Crippen molar-refractivity contribution in [2.75, 3.05) is 13.2 Å². The Morgan fingerprint density at radius 3 is 2.62 bits per heavy atom. The van der Waals surface area contributed by atoms with Gasteiger partial charge in [0.25, 0.3) is 0 Å². The molecule has 0 radical (unpaired) electrons. The van der Waals surface area contributed by atoms with E-state index in [1.807, 2.05) is 50.7 Å². The summed E-state index contributed by atoms with van der Waals surface area (Å²) in [5.74, 6) is 0.0327. The minimum Gasteiger partial charge on any atom is -0.374 e. The van der Waals surface area contributed by atoms with E-state index in [4.69, 9.17) is 4.74 Å². The maximum absolute atomic E-state index is 12.1. The first-order chi connectivity index (χ1) is 11.5. The fourth-order valence-corrected chi connectivity index (χ4v) is 2.68. The van der Waals surface area contributed by atoms with Gasteiger partial charge in [0, 0.05) is 31.5 Å². The van der Waals surface area contributed by atoms with Gasteiger partial charge in [-0.15, -0.1) is 0 Å². The van der Waals surface area contributed by atoms with Gasteiger partial charge in [-0.25, -0.2) is 0 Å². The monoisotopic (exact) mass is 329 g/mol. The van der Waals surface area contributed by atoms with Crippen LogP contribution in [0.2, 0.25) is 0 Å². The smallest absolute Gasteiger partial charge is 0.224 e. The molecule has 0 aliphatic rings. The summed E-state index contributed by atoms with van der Waals surface area (Å²) in [5, 5.41) is 7.29. The number of carbonyl (C=O) groups is 1. The predicted molar refractivity (Wildman–Crippen MR) is 94.8 cm³/mol. The second-order valence-electron chi connectivity index (χ2n) is 6.08. The molecule has 1 N–H and O–H groups in total. The number of aryl methyl sites for hydroxylation is 2. The van der Waals surface area contributed by atoms with Crippen molar-refractivity contribution in [1.82, 2.24) is 15.1 Å². The number of nitrogens with one attached hydrogen (secondary N) is 1. The molecular formula is C19H27N3O2. The number of ether oxygens (including phenoxy) is 1. The fourth-order valence-electron chi connectivity index (χ4n) is 2.68. The molecule has 2 aromatic rings. The highest BCUT2D eigenvalue weighted by molar-refractivity contribution is 5.79. The number of rotatable bonds is 8. The molecule has 5 heteroatoms. The number of benzene rings is 1. The fraction of sp³-hybridized carbons (Fsp3) is 0.474. The lowest BCUT2D eigenvalue weighted by Crippen LogP contribution is -2.27. The largest absolute Gasteiger partial charge is 0.374 e. The molecule has 5 nitrogen and oxygen atoms in total. The van der Waals surface area contributed by atoms with Gasteiger partial charge in [-0.2, -0.15) is 5.10 Å². The third kappa shape index (κ3) is 4.93. The van der Waals surface area contributed by atoms with Gasteiger partial charge in [0.2, 0.25) is 5.91 Å². The first-order valence-corrected chi connectivity index (χ1v) is 8.41. The van der Waals surface area contributed by atoms with Crippen LogP contribution in [0.1, 0.15) is 42.0 Å². The van der Waals surface area contributed by atoms with Crippen LogP contribution in [-0.4, -0.2) is 28.8 Å². The lowest BCUT2D eigenvalue weighted by atomic mass is 10.1. The van der Waals surface area contributed by atoms with Crippen molar-refractivity contribution in [2.24, 2.45) is 7.05 Å². The van der Waals surface area contributed by atoms with Crippen LogP contribution < -0.4 is 5.32 Å². The van der Waals surface area contributed by atoms with Gasteiger partial charge >= 0.3 is 0 Å². The van der Waals surface area contributed by atoms with E-state index in [0.29, 0.717) is 19.6 Å². The highest BCUT2D eigenvalue weighted by Crippen LogP contribution is 2.16. The van der Waals surface area contributed by atoms with E-state index >= 15 is 0 Å². The summed E-state index contributed by atoms with van der Waals surface area (Å²) in [7, 11) is 1.90. The topological polar surface area (TPSA) is 56.2 Å². The van der Waals surface area contributed by atoms with E-state index in [1.165, 1.54) is 5.56 Å². The molecule has 130 valence electrons. The zero-order valence-electron chi connectivity index (χ0n) is 15.0. The van der Waals surface area contributed by atoms with Crippen molar-refractivity contribution in [3.05, 3.63) is 52.8 Å². The van der Waals surface area contributed by atoms with Crippen LogP contribution in [0, 0.1) is 13.8 Å². The first kappa shape index (κ1) is 18.2. The van der Waals surface area contributed by atoms with E-state index < -0.39 is 0 Å². The third-order valence-corrected chi connectivity index (χ3v) is 4.28. The Hall–Kier alpha value is -2.14. The second-order valence-corrected chi connectivity index (χ2v) is 6.08. The van der Waals surface area contributed by atoms with E-state index in [0.717, 1.165) is 23.4 Å². The molecule has 1 aromatic heterocycles. The molecule has 24 heavy (non-hydrogen) atoms. The molecule has 0 saturated heterocycles. The standard InChI is InChI=1S/C19H27N3O2/c1-14-18(15(2)22(4)21-14)13-19(23)20-11-8-12-24-16(3)17-9-6-5-7-10-17/h5-7,9-10,16H,8,11-13H2,1-4H3,(H,20,23). The summed E-state index contributed by atoms with van der Waals surface area (Å²) in [5.41, 5.74) is 4.15. The maximum atomic E-state index is 12.1. The molecule has 0 fully saturated rings. The summed E-state index contributed by atoms with van der Waals surface area (Å²) in [6.07, 6.45) is 1.25. The Morgan fingerprint density at radius 2 is 2.00 bits per heavy atom. The zero-order chi connectivity index (χ0) is 17.5. The SMILES string of the molecule is Cc1nn(C)c(C)c1CC(=O)NCCCOC(C)c1ccccc1. The highest BCUT2D eigenvalue weighted by atomic mass is 16.5. The second kappa shape index (κ2) is 8.64. The number of aromatic nitrogens is 2. The lowest BCUT2D eigenvalue weighted by molar-refractivity contribution is -0.120. The number of hydrogen-bond donors (Lipinski definition) is 1. The van der Waals surface area contributed by atoms with Crippen molar-refractivity contribution in [1.29, 1.82) is 0 Å². The molecule has 2 rings (SSSR count). The van der Waals surface area contributed by atoms with Crippen LogP contribution >= 0.6 is 0 Å². The Bertz CT molecular complexity index is 665. The first-order valence-electron chi connectivity index (χ1n) is 8.41. The molecule has 0 saturated carbocycles. The van der Waals surface area contributed by atoms with Crippen LogP contribution in [0.4, 0.5) is 0 Å². The quantitative estimate of drug-likeness (QED) is 0.758. The van der Waals surface area contributed by atoms with Crippen LogP contribution in [0.15, 0.2) is 30.3 Å². The van der Waals surface area contributed by atoms with Crippen molar-refractivity contribution >= 4 is 5.91 Å². The molecule has 1 atom stereocenters. The zero-order valence-corrected chi connectivity index (χ0v) is 15.0. The average molecular weight is 329 g/mol. The number of hydrogen-bond acceptors (Lipinski definition) is 3. The Kier molecular flexibility index (Phi) is 6.55. The molecule has 0 aliphatic heterocycles. The average Bonchev–Trinajstić information content (AvgIpc) is 2.81. The molecule has 0 bridgehead atoms. The van der Waals surface area contributed by atoms with Gasteiger partial charge in [-0.3, -0.25) is 9.48 Å². The molecule has 1 aromatic carbocycles. The Labute approximate surface area is 144 Å². The van der Waals surface area contributed by atoms with E-state index in [-0.39, 0.29) is 12.0 Å². The van der Waals surface area contributed by atoms with Crippen LogP contribution in [0.25, 0.3) is 0 Å². The minimum atomic E-state index is 0.0327. The van der Waals surface area contributed by atoms with Crippen molar-refractivity contribution in [3.63, 3.8) is 0 Å². The van der Waals surface area contributed by atoms with Crippen LogP contribution in [0.5, 0.6) is 0 Å². The Morgan fingerprint density at radius 1 is 1.29 bits per heavy atom. The van der Waals surface area contributed by atoms with Crippen LogP contribution in [0.3, 0.4) is 0 Å². The summed E-state index contributed by atoms with van der Waals surface area (Å²) >= 11 is 0. The third-order valence-electron chi connectivity index (χ3n) is 4.28. The van der Waals surface area contributed by atoms with Crippen molar-refractivity contribution < 1.29 is 9.53 Å². The van der Waals surface area contributed by atoms with Gasteiger partial charge in [-0.1, -0.05) is 30.3 Å². The van der Waals surface area contributed by atoms with Gasteiger partial charge in [0.15, 0.2) is 0 Å². The highest BCUT2D eigenvalue weighted by Gasteiger charge is 2.13. The van der Waals surface area contributed by atoms with Gasteiger partial charge < -0.3 is 10.1 Å². The van der Waals surface area contributed by atoms with Crippen LogP contribution in [-0.2, 0) is 23.0 Å². The van der Waals surface area contributed by atoms with Gasteiger partial charge in [-0.05, 0) is 32.8 Å².